The molecule has 0 aliphatic heterocycles. The predicted molar refractivity (Wildman–Crippen MR) is 111 cm³/mol. The smallest absolute Gasteiger partial charge is 0.269 e. The van der Waals surface area contributed by atoms with Crippen LogP contribution in [0.1, 0.15) is 16.1 Å². The Kier molecular flexibility index (Phi) is 5.16. The molecule has 0 fully saturated rings. The van der Waals surface area contributed by atoms with Crippen molar-refractivity contribution in [3.8, 4) is 11.4 Å². The van der Waals surface area contributed by atoms with Gasteiger partial charge in [-0.25, -0.2) is 4.68 Å². The lowest BCUT2D eigenvalue weighted by Crippen LogP contribution is -2.27. The Hall–Kier alpha value is -3.45. The number of rotatable bonds is 6. The Morgan fingerprint density at radius 2 is 1.82 bits per heavy atom. The summed E-state index contributed by atoms with van der Waals surface area (Å²) in [4.78, 5) is 15.6. The molecule has 0 atom stereocenters. The van der Waals surface area contributed by atoms with Gasteiger partial charge >= 0.3 is 0 Å². The summed E-state index contributed by atoms with van der Waals surface area (Å²) in [5.41, 5.74) is 3.50. The van der Waals surface area contributed by atoms with Crippen molar-refractivity contribution in [3.05, 3.63) is 95.3 Å². The number of H-pyrrole nitrogens is 1. The minimum absolute atomic E-state index is 0.163. The maximum absolute atomic E-state index is 12.6. The molecule has 0 saturated heterocycles. The van der Waals surface area contributed by atoms with Crippen LogP contribution in [0.25, 0.3) is 11.4 Å². The zero-order chi connectivity index (χ0) is 19.3. The van der Waals surface area contributed by atoms with E-state index in [1.165, 1.54) is 0 Å². The predicted octanol–water partition coefficient (Wildman–Crippen LogP) is 3.69. The highest BCUT2D eigenvalue weighted by Crippen LogP contribution is 2.13. The van der Waals surface area contributed by atoms with E-state index >= 15 is 0 Å². The molecule has 0 saturated carbocycles. The Morgan fingerprint density at radius 1 is 1.04 bits per heavy atom. The lowest BCUT2D eigenvalue weighted by Gasteiger charge is -2.09. The third-order valence-electron chi connectivity index (χ3n) is 4.43. The molecule has 140 valence electrons. The summed E-state index contributed by atoms with van der Waals surface area (Å²) in [5.74, 6) is -0.163. The van der Waals surface area contributed by atoms with E-state index in [2.05, 4.69) is 15.4 Å². The van der Waals surface area contributed by atoms with Crippen LogP contribution in [0.15, 0.2) is 79.3 Å². The molecule has 7 heteroatoms. The highest BCUT2D eigenvalue weighted by atomic mass is 32.1. The Labute approximate surface area is 167 Å². The van der Waals surface area contributed by atoms with E-state index in [4.69, 9.17) is 12.2 Å². The van der Waals surface area contributed by atoms with Gasteiger partial charge in [-0.3, -0.25) is 9.36 Å². The van der Waals surface area contributed by atoms with Crippen molar-refractivity contribution in [1.29, 1.82) is 0 Å². The van der Waals surface area contributed by atoms with E-state index in [-0.39, 0.29) is 5.91 Å². The third-order valence-corrected chi connectivity index (χ3v) is 4.73. The maximum atomic E-state index is 12.6. The van der Waals surface area contributed by atoms with Gasteiger partial charge in [-0.1, -0.05) is 30.3 Å². The molecule has 0 spiro atoms. The van der Waals surface area contributed by atoms with Gasteiger partial charge in [-0.15, -0.1) is 0 Å². The number of hydrogen-bond donors (Lipinski definition) is 2. The third kappa shape index (κ3) is 3.79. The zero-order valence-electron chi connectivity index (χ0n) is 15.1. The van der Waals surface area contributed by atoms with Crippen LogP contribution in [0, 0.1) is 4.77 Å². The summed E-state index contributed by atoms with van der Waals surface area (Å²) < 4.78 is 4.04. The largest absolute Gasteiger partial charge is 0.350 e. The van der Waals surface area contributed by atoms with Crippen molar-refractivity contribution in [2.24, 2.45) is 0 Å². The first-order valence-electron chi connectivity index (χ1n) is 8.95. The highest BCUT2D eigenvalue weighted by Gasteiger charge is 2.13. The van der Waals surface area contributed by atoms with Crippen LogP contribution in [0.2, 0.25) is 0 Å². The minimum Gasteiger partial charge on any atom is -0.350 e. The van der Waals surface area contributed by atoms with Crippen molar-refractivity contribution in [2.45, 2.75) is 6.42 Å². The first-order valence-corrected chi connectivity index (χ1v) is 9.36. The molecule has 2 heterocycles. The van der Waals surface area contributed by atoms with Crippen LogP contribution in [-0.2, 0) is 6.42 Å². The molecule has 4 aromatic rings. The van der Waals surface area contributed by atoms with Gasteiger partial charge in [0.05, 0.1) is 5.69 Å². The Balaban J connectivity index is 1.40. The average Bonchev–Trinajstić information content (AvgIpc) is 3.39. The Morgan fingerprint density at radius 3 is 2.54 bits per heavy atom. The number of amides is 1. The van der Waals surface area contributed by atoms with Crippen LogP contribution >= 0.6 is 12.2 Å². The number of imidazole rings is 1. The molecule has 1 amide bonds. The number of aromatic nitrogens is 4. The summed E-state index contributed by atoms with van der Waals surface area (Å²) in [5, 5.41) is 7.19. The fourth-order valence-electron chi connectivity index (χ4n) is 3.02. The van der Waals surface area contributed by atoms with Crippen molar-refractivity contribution < 1.29 is 4.79 Å². The molecular formula is C21H19N5OS. The molecule has 0 bridgehead atoms. The quantitative estimate of drug-likeness (QED) is 0.494. The minimum atomic E-state index is -0.163. The molecule has 0 aliphatic rings. The van der Waals surface area contributed by atoms with Gasteiger partial charge in [0.1, 0.15) is 5.69 Å². The van der Waals surface area contributed by atoms with Crippen LogP contribution < -0.4 is 5.32 Å². The second kappa shape index (κ2) is 8.06. The molecule has 2 aromatic heterocycles. The van der Waals surface area contributed by atoms with E-state index < -0.39 is 0 Å². The molecule has 6 nitrogen and oxygen atoms in total. The first-order chi connectivity index (χ1) is 13.7. The maximum Gasteiger partial charge on any atom is 0.269 e. The SMILES string of the molecule is O=C(NCCc1ccc(-n2cccn2)cc1)c1c[nH]c(=S)n1-c1ccccc1. The van der Waals surface area contributed by atoms with E-state index in [9.17, 15) is 4.79 Å². The number of aromatic amines is 1. The number of nitrogens with one attached hydrogen (secondary N) is 2. The van der Waals surface area contributed by atoms with E-state index in [0.29, 0.717) is 17.0 Å². The molecule has 0 aliphatic carbocycles. The monoisotopic (exact) mass is 389 g/mol. The summed E-state index contributed by atoms with van der Waals surface area (Å²) >= 11 is 5.33. The second-order valence-corrected chi connectivity index (χ2v) is 6.66. The van der Waals surface area contributed by atoms with Gasteiger partial charge in [0.2, 0.25) is 0 Å². The normalized spacial score (nSPS) is 10.7. The molecule has 28 heavy (non-hydrogen) atoms. The van der Waals surface area contributed by atoms with Gasteiger partial charge in [0.25, 0.3) is 5.91 Å². The number of carbonyl (C=O) groups excluding carboxylic acids is 1. The standard InChI is InChI=1S/C21H19N5OS/c27-20(19-15-23-21(28)26(19)18-5-2-1-3-6-18)22-13-11-16-7-9-17(10-8-16)25-14-4-12-24-25/h1-10,12,14-15H,11,13H2,(H,22,27)(H,23,28). The number of carbonyl (C=O) groups is 1. The Bertz CT molecular complexity index is 1110. The molecule has 4 rings (SSSR count). The molecule has 0 radical (unpaired) electrons. The number of benzene rings is 2. The van der Waals surface area contributed by atoms with Crippen molar-refractivity contribution in [1.82, 2.24) is 24.6 Å². The molecule has 2 N–H and O–H groups in total. The van der Waals surface area contributed by atoms with Crippen molar-refractivity contribution >= 4 is 18.1 Å². The number of nitrogens with zero attached hydrogens (tertiary/aromatic N) is 3. The van der Waals surface area contributed by atoms with E-state index in [0.717, 1.165) is 23.4 Å². The van der Waals surface area contributed by atoms with Crippen LogP contribution in [0.5, 0.6) is 0 Å². The van der Waals surface area contributed by atoms with E-state index in [1.54, 1.807) is 17.0 Å². The first kappa shape index (κ1) is 17.9. The average molecular weight is 389 g/mol. The summed E-state index contributed by atoms with van der Waals surface area (Å²) in [6, 6.07) is 19.6. The van der Waals surface area contributed by atoms with E-state index in [1.807, 2.05) is 71.5 Å². The fourth-order valence-corrected chi connectivity index (χ4v) is 3.28. The summed E-state index contributed by atoms with van der Waals surface area (Å²) in [6.45, 7) is 0.534. The zero-order valence-corrected chi connectivity index (χ0v) is 15.9. The van der Waals surface area contributed by atoms with Crippen LogP contribution in [0.4, 0.5) is 0 Å². The van der Waals surface area contributed by atoms with Crippen molar-refractivity contribution in [2.75, 3.05) is 6.54 Å². The van der Waals surface area contributed by atoms with Crippen LogP contribution in [-0.4, -0.2) is 31.8 Å². The van der Waals surface area contributed by atoms with Crippen LogP contribution in [0.3, 0.4) is 0 Å². The summed E-state index contributed by atoms with van der Waals surface area (Å²) in [7, 11) is 0. The lowest BCUT2D eigenvalue weighted by molar-refractivity contribution is 0.0947. The number of para-hydroxylation sites is 1. The van der Waals surface area contributed by atoms with Gasteiger partial charge in [0, 0.05) is 30.8 Å². The molecule has 2 aromatic carbocycles. The second-order valence-electron chi connectivity index (χ2n) is 6.27. The van der Waals surface area contributed by atoms with Gasteiger partial charge in [-0.05, 0) is 54.5 Å². The number of hydrogen-bond acceptors (Lipinski definition) is 3. The van der Waals surface area contributed by atoms with Gasteiger partial charge < -0.3 is 10.3 Å². The summed E-state index contributed by atoms with van der Waals surface area (Å²) in [6.07, 6.45) is 6.03. The van der Waals surface area contributed by atoms with Crippen molar-refractivity contribution in [3.63, 3.8) is 0 Å². The van der Waals surface area contributed by atoms with Gasteiger partial charge in [-0.2, -0.15) is 5.10 Å². The lowest BCUT2D eigenvalue weighted by atomic mass is 10.1. The molecular weight excluding hydrogens is 370 g/mol. The van der Waals surface area contributed by atoms with Gasteiger partial charge in [0.15, 0.2) is 4.77 Å². The fraction of sp³-hybridized carbons (Fsp3) is 0.0952. The highest BCUT2D eigenvalue weighted by molar-refractivity contribution is 7.71. The topological polar surface area (TPSA) is 67.6 Å². The molecule has 0 unspecified atom stereocenters.